The van der Waals surface area contributed by atoms with Crippen molar-refractivity contribution in [1.82, 2.24) is 10.6 Å². The lowest BCUT2D eigenvalue weighted by atomic mass is 10.3. The summed E-state index contributed by atoms with van der Waals surface area (Å²) in [6.07, 6.45) is -3.83. The van der Waals surface area contributed by atoms with E-state index in [1.807, 2.05) is 0 Å². The zero-order valence-electron chi connectivity index (χ0n) is 24.0. The molecule has 0 saturated carbocycles. The lowest BCUT2D eigenvalue weighted by Gasteiger charge is -2.21. The Morgan fingerprint density at radius 2 is 1.10 bits per heavy atom. The Labute approximate surface area is 235 Å². The van der Waals surface area contributed by atoms with Crippen LogP contribution in [0.3, 0.4) is 0 Å². The molecule has 0 fully saturated rings. The maximum atomic E-state index is 11.8. The molecule has 0 aliphatic carbocycles. The number of esters is 2. The van der Waals surface area contributed by atoms with E-state index in [0.29, 0.717) is 0 Å². The molecule has 14 heteroatoms. The van der Waals surface area contributed by atoms with Crippen LogP contribution < -0.4 is 10.6 Å². The standard InChI is InChI=1S/C26H44N2O12/c1-17(2)23(30)36-10-8-27-25(32)39-20(6)13-34-15-22(38-12-19(5)29)16-35-14-21(7)40-26(33)28-9-11-37-24(31)18(3)4/h19-22,29H,1,3,8-16H2,2,4-7H3,(H,27,32)(H,28,33). The number of aliphatic hydroxyl groups is 1. The van der Waals surface area contributed by atoms with E-state index in [-0.39, 0.29) is 70.5 Å². The van der Waals surface area contributed by atoms with E-state index in [4.69, 9.17) is 33.2 Å². The van der Waals surface area contributed by atoms with Crippen molar-refractivity contribution < 1.29 is 57.4 Å². The molecule has 0 aromatic rings. The molecule has 0 aliphatic heterocycles. The smallest absolute Gasteiger partial charge is 0.407 e. The van der Waals surface area contributed by atoms with Gasteiger partial charge in [0.1, 0.15) is 31.5 Å². The van der Waals surface area contributed by atoms with E-state index >= 15 is 0 Å². The van der Waals surface area contributed by atoms with Gasteiger partial charge in [0.15, 0.2) is 0 Å². The molecule has 2 amide bonds. The van der Waals surface area contributed by atoms with Crippen LogP contribution in [0, 0.1) is 0 Å². The van der Waals surface area contributed by atoms with Gasteiger partial charge in [0, 0.05) is 11.1 Å². The van der Waals surface area contributed by atoms with Crippen LogP contribution in [0.4, 0.5) is 9.59 Å². The number of amides is 2. The average Bonchev–Trinajstić information content (AvgIpc) is 2.86. The molecule has 0 aromatic carbocycles. The van der Waals surface area contributed by atoms with Gasteiger partial charge in [-0.05, 0) is 34.6 Å². The quantitative estimate of drug-likeness (QED) is 0.0772. The van der Waals surface area contributed by atoms with Gasteiger partial charge in [0.25, 0.3) is 0 Å². The van der Waals surface area contributed by atoms with Crippen molar-refractivity contribution >= 4 is 24.1 Å². The maximum absolute atomic E-state index is 11.8. The first-order valence-corrected chi connectivity index (χ1v) is 12.8. The molecule has 0 heterocycles. The third-order valence-electron chi connectivity index (χ3n) is 4.41. The number of hydrogen-bond acceptors (Lipinski definition) is 12. The van der Waals surface area contributed by atoms with Crippen molar-refractivity contribution in [2.75, 3.05) is 59.3 Å². The second kappa shape index (κ2) is 21.6. The maximum Gasteiger partial charge on any atom is 0.407 e. The zero-order chi connectivity index (χ0) is 30.5. The van der Waals surface area contributed by atoms with Crippen LogP contribution in [0.15, 0.2) is 24.3 Å². The van der Waals surface area contributed by atoms with Crippen molar-refractivity contribution in [2.45, 2.75) is 59.0 Å². The summed E-state index contributed by atoms with van der Waals surface area (Å²) in [7, 11) is 0. The summed E-state index contributed by atoms with van der Waals surface area (Å²) in [6.45, 7) is 15.3. The third-order valence-corrected chi connectivity index (χ3v) is 4.41. The first-order chi connectivity index (χ1) is 18.8. The second-order valence-corrected chi connectivity index (χ2v) is 9.00. The monoisotopic (exact) mass is 576 g/mol. The van der Waals surface area contributed by atoms with Crippen LogP contribution >= 0.6 is 0 Å². The second-order valence-electron chi connectivity index (χ2n) is 9.00. The summed E-state index contributed by atoms with van der Waals surface area (Å²) in [6, 6.07) is 0. The summed E-state index contributed by atoms with van der Waals surface area (Å²) in [5, 5.41) is 14.4. The fourth-order valence-electron chi connectivity index (χ4n) is 2.51. The molecule has 0 saturated heterocycles. The van der Waals surface area contributed by atoms with Crippen LogP contribution in [0.5, 0.6) is 0 Å². The van der Waals surface area contributed by atoms with E-state index in [0.717, 1.165) is 0 Å². The van der Waals surface area contributed by atoms with Crippen molar-refractivity contribution in [3.63, 3.8) is 0 Å². The molecule has 3 N–H and O–H groups in total. The predicted molar refractivity (Wildman–Crippen MR) is 142 cm³/mol. The molecule has 0 aromatic heterocycles. The average molecular weight is 577 g/mol. The Kier molecular flexibility index (Phi) is 19.9. The number of hydrogen-bond donors (Lipinski definition) is 3. The van der Waals surface area contributed by atoms with Gasteiger partial charge in [-0.3, -0.25) is 0 Å². The predicted octanol–water partition coefficient (Wildman–Crippen LogP) is 1.25. The molecular weight excluding hydrogens is 532 g/mol. The number of aliphatic hydroxyl groups excluding tert-OH is 1. The fourth-order valence-corrected chi connectivity index (χ4v) is 2.51. The summed E-state index contributed by atoms with van der Waals surface area (Å²) >= 11 is 0. The van der Waals surface area contributed by atoms with E-state index in [1.54, 1.807) is 20.8 Å². The summed E-state index contributed by atoms with van der Waals surface area (Å²) in [5.41, 5.74) is 0.523. The van der Waals surface area contributed by atoms with E-state index in [2.05, 4.69) is 23.8 Å². The molecule has 230 valence electrons. The van der Waals surface area contributed by atoms with Crippen LogP contribution in [0.1, 0.15) is 34.6 Å². The fraction of sp³-hybridized carbons (Fsp3) is 0.692. The number of ether oxygens (including phenoxy) is 7. The van der Waals surface area contributed by atoms with Gasteiger partial charge in [-0.25, -0.2) is 19.2 Å². The molecule has 0 aliphatic rings. The Morgan fingerprint density at radius 3 is 1.45 bits per heavy atom. The van der Waals surface area contributed by atoms with Gasteiger partial charge in [0.2, 0.25) is 0 Å². The van der Waals surface area contributed by atoms with Crippen molar-refractivity contribution in [2.24, 2.45) is 0 Å². The first-order valence-electron chi connectivity index (χ1n) is 12.8. The van der Waals surface area contributed by atoms with Crippen molar-refractivity contribution in [3.8, 4) is 0 Å². The van der Waals surface area contributed by atoms with Crippen LogP contribution in [-0.4, -0.2) is 113 Å². The highest BCUT2D eigenvalue weighted by Gasteiger charge is 2.16. The van der Waals surface area contributed by atoms with E-state index < -0.39 is 48.5 Å². The highest BCUT2D eigenvalue weighted by atomic mass is 16.6. The van der Waals surface area contributed by atoms with Gasteiger partial charge >= 0.3 is 24.1 Å². The highest BCUT2D eigenvalue weighted by molar-refractivity contribution is 5.87. The Balaban J connectivity index is 4.26. The normalized spacial score (nSPS) is 13.7. The van der Waals surface area contributed by atoms with Gasteiger partial charge in [-0.1, -0.05) is 13.2 Å². The topological polar surface area (TPSA) is 177 Å². The molecule has 3 unspecified atom stereocenters. The van der Waals surface area contributed by atoms with Crippen molar-refractivity contribution in [3.05, 3.63) is 24.3 Å². The Hall–Kier alpha value is -3.20. The first kappa shape index (κ1) is 36.8. The number of rotatable bonds is 21. The van der Waals surface area contributed by atoms with Crippen molar-refractivity contribution in [1.29, 1.82) is 0 Å². The number of alkyl carbamates (subject to hydrolysis) is 2. The molecule has 0 bridgehead atoms. The van der Waals surface area contributed by atoms with Crippen LogP contribution in [0.25, 0.3) is 0 Å². The number of carbonyl (C=O) groups is 4. The lowest BCUT2D eigenvalue weighted by molar-refractivity contribution is -0.139. The number of nitrogens with one attached hydrogen (secondary N) is 2. The molecular formula is C26H44N2O12. The summed E-state index contributed by atoms with van der Waals surface area (Å²) in [5.74, 6) is -1.09. The highest BCUT2D eigenvalue weighted by Crippen LogP contribution is 2.02. The van der Waals surface area contributed by atoms with Crippen LogP contribution in [0.2, 0.25) is 0 Å². The van der Waals surface area contributed by atoms with Gasteiger partial charge in [0.05, 0.1) is 52.2 Å². The zero-order valence-corrected chi connectivity index (χ0v) is 24.0. The molecule has 14 nitrogen and oxygen atoms in total. The Morgan fingerprint density at radius 1 is 0.700 bits per heavy atom. The minimum atomic E-state index is -0.705. The molecule has 0 spiro atoms. The van der Waals surface area contributed by atoms with Gasteiger partial charge < -0.3 is 48.9 Å². The van der Waals surface area contributed by atoms with E-state index in [9.17, 15) is 24.3 Å². The minimum absolute atomic E-state index is 0.0186. The molecule has 40 heavy (non-hydrogen) atoms. The molecule has 0 rings (SSSR count). The van der Waals surface area contributed by atoms with E-state index in [1.165, 1.54) is 13.8 Å². The minimum Gasteiger partial charge on any atom is -0.460 e. The summed E-state index contributed by atoms with van der Waals surface area (Å²) < 4.78 is 36.8. The lowest BCUT2D eigenvalue weighted by Crippen LogP contribution is -2.35. The van der Waals surface area contributed by atoms with Gasteiger partial charge in [-0.2, -0.15) is 0 Å². The SMILES string of the molecule is C=C(C)C(=O)OCCNC(=O)OC(C)COCC(COCC(C)OC(=O)NCCOC(=O)C(=C)C)OCC(C)O. The van der Waals surface area contributed by atoms with Crippen LogP contribution in [-0.2, 0) is 42.7 Å². The number of carbonyl (C=O) groups excluding carboxylic acids is 4. The summed E-state index contributed by atoms with van der Waals surface area (Å²) in [4.78, 5) is 46.2. The van der Waals surface area contributed by atoms with Gasteiger partial charge in [-0.15, -0.1) is 0 Å². The Bertz CT molecular complexity index is 758. The molecule has 3 atom stereocenters. The largest absolute Gasteiger partial charge is 0.460 e. The molecule has 0 radical (unpaired) electrons. The third kappa shape index (κ3) is 20.7.